The minimum Gasteiger partial charge on any atom is -0.462 e. The van der Waals surface area contributed by atoms with Crippen molar-refractivity contribution < 1.29 is 18.9 Å². The van der Waals surface area contributed by atoms with Gasteiger partial charge in [-0.3, -0.25) is 9.59 Å². The van der Waals surface area contributed by atoms with Crippen LogP contribution in [0.25, 0.3) is 0 Å². The third-order valence-corrected chi connectivity index (χ3v) is 7.68. The highest BCUT2D eigenvalue weighted by Gasteiger charge is 2.48. The molecule has 8 heteroatoms. The van der Waals surface area contributed by atoms with Crippen LogP contribution in [0.1, 0.15) is 67.2 Å². The van der Waals surface area contributed by atoms with E-state index in [2.05, 4.69) is 26.1 Å². The molecular formula is C19H39N3O4Si. The highest BCUT2D eigenvalue weighted by molar-refractivity contribution is 6.99. The number of carbonyl (C=O) groups excluding carboxylic acids is 2. The molecule has 3 N–H and O–H groups in total. The normalized spacial score (nSPS) is 21.0. The molecule has 1 saturated heterocycles. The first-order valence-electron chi connectivity index (χ1n) is 9.92. The second-order valence-corrected chi connectivity index (χ2v) is 13.2. The summed E-state index contributed by atoms with van der Waals surface area (Å²) in [5.41, 5.74) is 4.55. The summed E-state index contributed by atoms with van der Waals surface area (Å²) in [5, 5.41) is 4.56. The fraction of sp³-hybridized carbons (Fsp3) is 0.895. The summed E-state index contributed by atoms with van der Waals surface area (Å²) in [6.07, 6.45) is 3.06. The molecule has 0 aromatic rings. The van der Waals surface area contributed by atoms with E-state index in [1.165, 1.54) is 0 Å². The van der Waals surface area contributed by atoms with Crippen LogP contribution in [0.15, 0.2) is 0 Å². The van der Waals surface area contributed by atoms with Gasteiger partial charge in [0.25, 0.3) is 0 Å². The van der Waals surface area contributed by atoms with E-state index in [1.807, 2.05) is 32.4 Å². The Morgan fingerprint density at radius 1 is 1.22 bits per heavy atom. The van der Waals surface area contributed by atoms with Crippen LogP contribution in [-0.2, 0) is 14.1 Å². The van der Waals surface area contributed by atoms with Crippen molar-refractivity contribution in [3.63, 3.8) is 0 Å². The lowest BCUT2D eigenvalue weighted by Gasteiger charge is -2.37. The molecule has 1 aliphatic heterocycles. The van der Waals surface area contributed by atoms with E-state index in [0.717, 1.165) is 19.4 Å². The molecule has 1 heterocycles. The van der Waals surface area contributed by atoms with E-state index in [9.17, 15) is 9.59 Å². The number of hydrogen-bond acceptors (Lipinski definition) is 6. The first-order chi connectivity index (χ1) is 12.3. The number of amides is 1. The molecular weight excluding hydrogens is 362 g/mol. The number of carbonyl (C=O) groups is 2. The number of nitrogens with zero attached hydrogens (tertiary/aromatic N) is 1. The van der Waals surface area contributed by atoms with Crippen molar-refractivity contribution in [1.82, 2.24) is 10.4 Å². The van der Waals surface area contributed by atoms with Gasteiger partial charge in [-0.05, 0) is 58.0 Å². The third kappa shape index (κ3) is 8.72. The standard InChI is InChI=1S/C19H39N3O4Si/c1-18(2,3)13-27(7,17(24)25-19(4,5)6)26-22-12-8-9-15(22)10-11-16(23)21-14-20/h15H,8-14,20H2,1-7H3,(H,21,23). The van der Waals surface area contributed by atoms with E-state index in [-0.39, 0.29) is 29.6 Å². The number of hydrogen-bond donors (Lipinski definition) is 2. The van der Waals surface area contributed by atoms with Crippen LogP contribution in [0.3, 0.4) is 0 Å². The topological polar surface area (TPSA) is 93.9 Å². The SMILES string of the molecule is CC(C)(C)C[Si](C)(ON1CCCC1CCC(=O)NCN)C(=O)OC(C)(C)C. The van der Waals surface area contributed by atoms with Gasteiger partial charge in [0.2, 0.25) is 5.91 Å². The number of ether oxygens (including phenoxy) is 1. The van der Waals surface area contributed by atoms with Crippen LogP contribution in [0.4, 0.5) is 4.79 Å². The summed E-state index contributed by atoms with van der Waals surface area (Å²) in [6.45, 7) is 14.9. The zero-order valence-electron chi connectivity index (χ0n) is 18.2. The molecule has 1 rings (SSSR count). The zero-order valence-corrected chi connectivity index (χ0v) is 19.2. The molecule has 0 spiro atoms. The zero-order chi connectivity index (χ0) is 20.9. The summed E-state index contributed by atoms with van der Waals surface area (Å²) < 4.78 is 12.1. The lowest BCUT2D eigenvalue weighted by Crippen LogP contribution is -2.54. The van der Waals surface area contributed by atoms with Crippen molar-refractivity contribution >= 4 is 19.8 Å². The van der Waals surface area contributed by atoms with Crippen molar-refractivity contribution in [2.45, 2.75) is 91.5 Å². The first-order valence-corrected chi connectivity index (χ1v) is 12.5. The molecule has 1 aliphatic rings. The second kappa shape index (κ2) is 9.49. The molecule has 2 atom stereocenters. The Bertz CT molecular complexity index is 516. The number of nitrogens with two attached hydrogens (primary N) is 1. The molecule has 2 unspecified atom stereocenters. The fourth-order valence-electron chi connectivity index (χ4n) is 3.52. The first kappa shape index (κ1) is 24.1. The van der Waals surface area contributed by atoms with Crippen LogP contribution in [0.2, 0.25) is 12.6 Å². The highest BCUT2D eigenvalue weighted by atomic mass is 28.4. The Kier molecular flexibility index (Phi) is 8.46. The molecule has 1 amide bonds. The monoisotopic (exact) mass is 401 g/mol. The van der Waals surface area contributed by atoms with Crippen molar-refractivity contribution in [2.75, 3.05) is 13.2 Å². The fourth-order valence-corrected chi connectivity index (χ4v) is 7.10. The van der Waals surface area contributed by atoms with Gasteiger partial charge in [0.1, 0.15) is 5.60 Å². The molecule has 27 heavy (non-hydrogen) atoms. The summed E-state index contributed by atoms with van der Waals surface area (Å²) in [4.78, 5) is 24.7. The molecule has 0 bridgehead atoms. The van der Waals surface area contributed by atoms with Gasteiger partial charge in [-0.1, -0.05) is 20.8 Å². The third-order valence-electron chi connectivity index (χ3n) is 4.34. The van der Waals surface area contributed by atoms with Gasteiger partial charge in [0, 0.05) is 19.0 Å². The largest absolute Gasteiger partial charge is 0.462 e. The molecule has 0 aromatic heterocycles. The van der Waals surface area contributed by atoms with E-state index >= 15 is 0 Å². The maximum Gasteiger partial charge on any atom is 0.340 e. The van der Waals surface area contributed by atoms with E-state index in [1.54, 1.807) is 0 Å². The minimum atomic E-state index is -2.83. The Hall–Kier alpha value is -0.963. The number of rotatable bonds is 8. The van der Waals surface area contributed by atoms with Crippen LogP contribution >= 0.6 is 0 Å². The summed E-state index contributed by atoms with van der Waals surface area (Å²) in [5.74, 6) is -0.0498. The van der Waals surface area contributed by atoms with Gasteiger partial charge in [0.05, 0.1) is 6.67 Å². The Labute approximate surface area is 165 Å². The number of nitrogens with one attached hydrogen (secondary N) is 1. The van der Waals surface area contributed by atoms with Crippen molar-refractivity contribution in [2.24, 2.45) is 11.1 Å². The van der Waals surface area contributed by atoms with Crippen LogP contribution in [-0.4, -0.2) is 49.7 Å². The molecule has 0 saturated carbocycles. The van der Waals surface area contributed by atoms with Crippen LogP contribution in [0, 0.1) is 5.41 Å². The molecule has 7 nitrogen and oxygen atoms in total. The summed E-state index contributed by atoms with van der Waals surface area (Å²) in [7, 11) is -2.83. The Morgan fingerprint density at radius 2 is 1.85 bits per heavy atom. The quantitative estimate of drug-likeness (QED) is 0.478. The lowest BCUT2D eigenvalue weighted by atomic mass is 10.0. The molecule has 1 fully saturated rings. The average molecular weight is 402 g/mol. The maximum absolute atomic E-state index is 13.0. The van der Waals surface area contributed by atoms with Gasteiger partial charge in [-0.2, -0.15) is 5.06 Å². The van der Waals surface area contributed by atoms with Crippen molar-refractivity contribution in [1.29, 1.82) is 0 Å². The van der Waals surface area contributed by atoms with Crippen molar-refractivity contribution in [3.8, 4) is 0 Å². The highest BCUT2D eigenvalue weighted by Crippen LogP contribution is 2.34. The summed E-state index contributed by atoms with van der Waals surface area (Å²) in [6, 6.07) is 0.814. The van der Waals surface area contributed by atoms with Gasteiger partial charge in [-0.15, -0.1) is 0 Å². The van der Waals surface area contributed by atoms with Crippen LogP contribution < -0.4 is 11.1 Å². The second-order valence-electron chi connectivity index (χ2n) is 9.84. The number of hydroxylamine groups is 2. The Balaban J connectivity index is 2.86. The summed E-state index contributed by atoms with van der Waals surface area (Å²) >= 11 is 0. The predicted octanol–water partition coefficient (Wildman–Crippen LogP) is 3.33. The van der Waals surface area contributed by atoms with Gasteiger partial charge < -0.3 is 20.3 Å². The van der Waals surface area contributed by atoms with E-state index in [4.69, 9.17) is 15.0 Å². The van der Waals surface area contributed by atoms with Gasteiger partial charge in [0.15, 0.2) is 0 Å². The molecule has 0 aliphatic carbocycles. The van der Waals surface area contributed by atoms with Gasteiger partial charge in [-0.25, -0.2) is 0 Å². The molecule has 158 valence electrons. The predicted molar refractivity (Wildman–Crippen MR) is 109 cm³/mol. The smallest absolute Gasteiger partial charge is 0.340 e. The molecule has 0 aromatic carbocycles. The maximum atomic E-state index is 13.0. The Morgan fingerprint density at radius 3 is 2.37 bits per heavy atom. The molecule has 0 radical (unpaired) electrons. The van der Waals surface area contributed by atoms with Gasteiger partial charge >= 0.3 is 13.9 Å². The van der Waals surface area contributed by atoms with E-state index in [0.29, 0.717) is 18.9 Å². The lowest BCUT2D eigenvalue weighted by molar-refractivity contribution is -0.122. The average Bonchev–Trinajstić information content (AvgIpc) is 2.88. The minimum absolute atomic E-state index is 0.0475. The van der Waals surface area contributed by atoms with Crippen LogP contribution in [0.5, 0.6) is 0 Å². The van der Waals surface area contributed by atoms with E-state index < -0.39 is 13.9 Å². The van der Waals surface area contributed by atoms with Crippen molar-refractivity contribution in [3.05, 3.63) is 0 Å².